The maximum absolute atomic E-state index is 12.5. The van der Waals surface area contributed by atoms with E-state index in [1.807, 2.05) is 0 Å². The third-order valence-corrected chi connectivity index (χ3v) is 5.29. The van der Waals surface area contributed by atoms with Gasteiger partial charge in [0.2, 0.25) is 5.91 Å². The summed E-state index contributed by atoms with van der Waals surface area (Å²) < 4.78 is 0. The second-order valence-electron chi connectivity index (χ2n) is 6.01. The smallest absolute Gasteiger partial charge is 0.225 e. The second kappa shape index (κ2) is 6.72. The lowest BCUT2D eigenvalue weighted by Gasteiger charge is -2.23. The van der Waals surface area contributed by atoms with Crippen molar-refractivity contribution in [1.29, 1.82) is 0 Å². The zero-order valence-electron chi connectivity index (χ0n) is 12.7. The lowest BCUT2D eigenvalue weighted by atomic mass is 9.94. The Kier molecular flexibility index (Phi) is 5.22. The van der Waals surface area contributed by atoms with Crippen molar-refractivity contribution in [3.05, 3.63) is 21.4 Å². The van der Waals surface area contributed by atoms with Gasteiger partial charge in [-0.05, 0) is 45.2 Å². The Hall–Kier alpha value is -0.870. The Bertz CT molecular complexity index is 469. The molecule has 3 unspecified atom stereocenters. The third kappa shape index (κ3) is 3.61. The van der Waals surface area contributed by atoms with Crippen LogP contribution in [0.25, 0.3) is 0 Å². The van der Waals surface area contributed by atoms with E-state index in [-0.39, 0.29) is 23.9 Å². The van der Waals surface area contributed by atoms with Crippen LogP contribution in [0.1, 0.15) is 60.4 Å². The molecular weight excluding hydrogens is 268 g/mol. The Labute approximate surface area is 125 Å². The minimum atomic E-state index is -0.0139. The number of hydrogen-bond donors (Lipinski definition) is 2. The highest BCUT2D eigenvalue weighted by atomic mass is 32.1. The number of amides is 1. The van der Waals surface area contributed by atoms with Crippen LogP contribution in [0.3, 0.4) is 0 Å². The van der Waals surface area contributed by atoms with E-state index in [4.69, 9.17) is 5.73 Å². The maximum Gasteiger partial charge on any atom is 0.225 e. The van der Waals surface area contributed by atoms with E-state index in [0.29, 0.717) is 0 Å². The fourth-order valence-electron chi connectivity index (χ4n) is 3.14. The molecule has 1 saturated carbocycles. The van der Waals surface area contributed by atoms with E-state index >= 15 is 0 Å². The van der Waals surface area contributed by atoms with Gasteiger partial charge in [0.1, 0.15) is 0 Å². The van der Waals surface area contributed by atoms with Crippen molar-refractivity contribution in [2.75, 3.05) is 0 Å². The molecule has 1 aromatic heterocycles. The van der Waals surface area contributed by atoms with Crippen molar-refractivity contribution in [2.45, 2.75) is 65.0 Å². The van der Waals surface area contributed by atoms with Crippen LogP contribution in [0.5, 0.6) is 0 Å². The van der Waals surface area contributed by atoms with Crippen molar-refractivity contribution in [3.8, 4) is 0 Å². The zero-order chi connectivity index (χ0) is 14.7. The molecule has 3 nitrogen and oxygen atoms in total. The lowest BCUT2D eigenvalue weighted by Crippen LogP contribution is -2.42. The van der Waals surface area contributed by atoms with E-state index in [1.165, 1.54) is 21.7 Å². The van der Waals surface area contributed by atoms with Crippen molar-refractivity contribution < 1.29 is 4.79 Å². The molecule has 1 fully saturated rings. The molecule has 1 aliphatic carbocycles. The number of aryl methyl sites for hydroxylation is 2. The van der Waals surface area contributed by atoms with Gasteiger partial charge in [-0.15, -0.1) is 11.3 Å². The van der Waals surface area contributed by atoms with Crippen LogP contribution < -0.4 is 11.1 Å². The summed E-state index contributed by atoms with van der Waals surface area (Å²) >= 11 is 1.79. The minimum absolute atomic E-state index is 0.0139. The second-order valence-corrected chi connectivity index (χ2v) is 7.47. The number of nitrogens with two attached hydrogens (primary N) is 1. The van der Waals surface area contributed by atoms with Crippen molar-refractivity contribution >= 4 is 17.2 Å². The van der Waals surface area contributed by atoms with Gasteiger partial charge in [-0.1, -0.05) is 19.3 Å². The first-order valence-corrected chi connectivity index (χ1v) is 8.43. The Balaban J connectivity index is 2.01. The highest BCUT2D eigenvalue weighted by molar-refractivity contribution is 7.12. The number of carbonyl (C=O) groups excluding carboxylic acids is 1. The summed E-state index contributed by atoms with van der Waals surface area (Å²) in [6, 6.07) is 2.27. The number of thiophene rings is 1. The predicted molar refractivity (Wildman–Crippen MR) is 84.9 cm³/mol. The van der Waals surface area contributed by atoms with E-state index in [0.717, 1.165) is 25.7 Å². The molecule has 4 heteroatoms. The summed E-state index contributed by atoms with van der Waals surface area (Å²) in [6.45, 7) is 6.29. The summed E-state index contributed by atoms with van der Waals surface area (Å²) in [4.78, 5) is 15.1. The highest BCUT2D eigenvalue weighted by Gasteiger charge is 2.28. The first kappa shape index (κ1) is 15.5. The summed E-state index contributed by atoms with van der Waals surface area (Å²) in [7, 11) is 0. The van der Waals surface area contributed by atoms with Crippen LogP contribution in [0.15, 0.2) is 6.07 Å². The lowest BCUT2D eigenvalue weighted by molar-refractivity contribution is -0.126. The summed E-state index contributed by atoms with van der Waals surface area (Å²) in [5, 5.41) is 3.17. The van der Waals surface area contributed by atoms with Gasteiger partial charge < -0.3 is 11.1 Å². The molecule has 1 heterocycles. The molecule has 0 aliphatic heterocycles. The van der Waals surface area contributed by atoms with Gasteiger partial charge in [0, 0.05) is 15.8 Å². The quantitative estimate of drug-likeness (QED) is 0.839. The molecule has 1 aromatic rings. The predicted octanol–water partition coefficient (Wildman–Crippen LogP) is 3.45. The molecule has 0 saturated heterocycles. The van der Waals surface area contributed by atoms with Crippen LogP contribution in [-0.4, -0.2) is 11.9 Å². The van der Waals surface area contributed by atoms with Gasteiger partial charge in [0.05, 0.1) is 12.0 Å². The van der Waals surface area contributed by atoms with Crippen LogP contribution >= 0.6 is 11.3 Å². The van der Waals surface area contributed by atoms with Crippen molar-refractivity contribution in [2.24, 2.45) is 11.7 Å². The molecule has 0 bridgehead atoms. The van der Waals surface area contributed by atoms with Gasteiger partial charge in [0.25, 0.3) is 0 Å². The Morgan fingerprint density at radius 1 is 1.35 bits per heavy atom. The highest BCUT2D eigenvalue weighted by Crippen LogP contribution is 2.27. The molecule has 1 aliphatic rings. The van der Waals surface area contributed by atoms with E-state index in [2.05, 4.69) is 32.2 Å². The summed E-state index contributed by atoms with van der Waals surface area (Å²) in [6.07, 6.45) is 5.39. The summed E-state index contributed by atoms with van der Waals surface area (Å²) in [5.74, 6) is 0.121. The van der Waals surface area contributed by atoms with Gasteiger partial charge >= 0.3 is 0 Å². The zero-order valence-corrected chi connectivity index (χ0v) is 13.6. The van der Waals surface area contributed by atoms with E-state index < -0.39 is 0 Å². The molecular formula is C16H26N2OS. The topological polar surface area (TPSA) is 55.1 Å². The van der Waals surface area contributed by atoms with Crippen LogP contribution in [0, 0.1) is 19.8 Å². The minimum Gasteiger partial charge on any atom is -0.349 e. The molecule has 2 rings (SSSR count). The standard InChI is InChI=1S/C16H26N2OS/c1-10-9-14(12(3)20-10)11(2)18-16(19)13-7-5-4-6-8-15(13)17/h9,11,13,15H,4-8,17H2,1-3H3,(H,18,19). The van der Waals surface area contributed by atoms with Gasteiger partial charge in [-0.3, -0.25) is 4.79 Å². The first-order chi connectivity index (χ1) is 9.49. The number of hydrogen-bond acceptors (Lipinski definition) is 3. The average Bonchev–Trinajstić information content (AvgIpc) is 2.59. The molecule has 3 N–H and O–H groups in total. The fraction of sp³-hybridized carbons (Fsp3) is 0.688. The van der Waals surface area contributed by atoms with Crippen molar-refractivity contribution in [3.63, 3.8) is 0 Å². The molecule has 0 aromatic carbocycles. The van der Waals surface area contributed by atoms with Gasteiger partial charge in [0.15, 0.2) is 0 Å². The molecule has 112 valence electrons. The third-order valence-electron chi connectivity index (χ3n) is 4.31. The SMILES string of the molecule is Cc1cc(C(C)NC(=O)C2CCCCCC2N)c(C)s1. The Morgan fingerprint density at radius 2 is 2.05 bits per heavy atom. The molecule has 3 atom stereocenters. The Morgan fingerprint density at radius 3 is 2.70 bits per heavy atom. The molecule has 1 amide bonds. The monoisotopic (exact) mass is 294 g/mol. The van der Waals surface area contributed by atoms with Gasteiger partial charge in [-0.25, -0.2) is 0 Å². The van der Waals surface area contributed by atoms with E-state index in [1.54, 1.807) is 11.3 Å². The summed E-state index contributed by atoms with van der Waals surface area (Å²) in [5.41, 5.74) is 7.41. The number of rotatable bonds is 3. The van der Waals surface area contributed by atoms with Crippen molar-refractivity contribution in [1.82, 2.24) is 5.32 Å². The van der Waals surface area contributed by atoms with Crippen LogP contribution in [-0.2, 0) is 4.79 Å². The average molecular weight is 294 g/mol. The van der Waals surface area contributed by atoms with E-state index in [9.17, 15) is 4.79 Å². The fourth-order valence-corrected chi connectivity index (χ4v) is 4.16. The van der Waals surface area contributed by atoms with Gasteiger partial charge in [-0.2, -0.15) is 0 Å². The molecule has 0 radical (unpaired) electrons. The van der Waals surface area contributed by atoms with Crippen LogP contribution in [0.2, 0.25) is 0 Å². The molecule has 20 heavy (non-hydrogen) atoms. The first-order valence-electron chi connectivity index (χ1n) is 7.62. The number of carbonyl (C=O) groups is 1. The maximum atomic E-state index is 12.5. The normalized spacial score (nSPS) is 25.0. The molecule has 0 spiro atoms. The van der Waals surface area contributed by atoms with Crippen LogP contribution in [0.4, 0.5) is 0 Å². The largest absolute Gasteiger partial charge is 0.349 e. The number of nitrogens with one attached hydrogen (secondary N) is 1.